The first-order valence-corrected chi connectivity index (χ1v) is 11.5. The number of carbonyl (C=O) groups is 1. The van der Waals surface area contributed by atoms with Crippen LogP contribution in [0.3, 0.4) is 0 Å². The van der Waals surface area contributed by atoms with E-state index in [2.05, 4.69) is 40.4 Å². The summed E-state index contributed by atoms with van der Waals surface area (Å²) in [5.41, 5.74) is 3.00. The molecule has 2 aromatic carbocycles. The minimum Gasteiger partial charge on any atom is -0.506 e. The SMILES string of the molecule is Cc1ccc(C)c(SCc2nc3sc(C(=O)Nc4ccccc4O)c(C)c3c(=O)[nH]2)c1. The molecule has 6 nitrogen and oxygen atoms in total. The highest BCUT2D eigenvalue weighted by Crippen LogP contribution is 2.31. The van der Waals surface area contributed by atoms with Crippen LogP contribution in [0.4, 0.5) is 5.69 Å². The van der Waals surface area contributed by atoms with Crippen LogP contribution in [-0.4, -0.2) is 21.0 Å². The summed E-state index contributed by atoms with van der Waals surface area (Å²) in [5.74, 6) is 0.688. The summed E-state index contributed by atoms with van der Waals surface area (Å²) in [6.07, 6.45) is 0. The van der Waals surface area contributed by atoms with Gasteiger partial charge in [0.2, 0.25) is 0 Å². The number of aromatic hydroxyl groups is 1. The minimum absolute atomic E-state index is 0.0173. The van der Waals surface area contributed by atoms with Gasteiger partial charge in [-0.1, -0.05) is 29.8 Å². The highest BCUT2D eigenvalue weighted by Gasteiger charge is 2.20. The van der Waals surface area contributed by atoms with E-state index < -0.39 is 0 Å². The van der Waals surface area contributed by atoms with Crippen molar-refractivity contribution in [3.63, 3.8) is 0 Å². The smallest absolute Gasteiger partial charge is 0.266 e. The number of fused-ring (bicyclic) bond motifs is 1. The number of rotatable bonds is 5. The molecule has 8 heteroatoms. The van der Waals surface area contributed by atoms with Gasteiger partial charge in [-0.15, -0.1) is 23.1 Å². The van der Waals surface area contributed by atoms with E-state index in [1.807, 2.05) is 6.92 Å². The Morgan fingerprint density at radius 3 is 2.74 bits per heavy atom. The van der Waals surface area contributed by atoms with Crippen molar-refractivity contribution in [1.29, 1.82) is 0 Å². The largest absolute Gasteiger partial charge is 0.506 e. The third-order valence-corrected chi connectivity index (χ3v) is 7.27. The van der Waals surface area contributed by atoms with Crippen LogP contribution in [0.5, 0.6) is 5.75 Å². The van der Waals surface area contributed by atoms with E-state index in [-0.39, 0.29) is 17.2 Å². The number of aromatic nitrogens is 2. The van der Waals surface area contributed by atoms with Crippen LogP contribution in [-0.2, 0) is 5.75 Å². The molecule has 158 valence electrons. The molecule has 4 aromatic rings. The highest BCUT2D eigenvalue weighted by molar-refractivity contribution is 7.98. The van der Waals surface area contributed by atoms with Crippen LogP contribution in [0.15, 0.2) is 52.2 Å². The number of thioether (sulfide) groups is 1. The summed E-state index contributed by atoms with van der Waals surface area (Å²) in [6.45, 7) is 5.84. The molecule has 2 heterocycles. The Kier molecular flexibility index (Phi) is 5.84. The molecule has 0 aliphatic carbocycles. The highest BCUT2D eigenvalue weighted by atomic mass is 32.2. The average molecular weight is 452 g/mol. The number of nitrogens with zero attached hydrogens (tertiary/aromatic N) is 1. The van der Waals surface area contributed by atoms with Gasteiger partial charge in [-0.3, -0.25) is 9.59 Å². The summed E-state index contributed by atoms with van der Waals surface area (Å²) >= 11 is 2.80. The molecular weight excluding hydrogens is 430 g/mol. The molecule has 1 amide bonds. The summed E-state index contributed by atoms with van der Waals surface area (Å²) < 4.78 is 0. The van der Waals surface area contributed by atoms with Crippen molar-refractivity contribution in [1.82, 2.24) is 9.97 Å². The second kappa shape index (κ2) is 8.56. The Morgan fingerprint density at radius 1 is 1.19 bits per heavy atom. The van der Waals surface area contributed by atoms with Crippen molar-refractivity contribution >= 4 is 44.9 Å². The maximum atomic E-state index is 12.8. The number of carbonyl (C=O) groups excluding carboxylic acids is 1. The molecule has 0 aliphatic heterocycles. The van der Waals surface area contributed by atoms with Gasteiger partial charge in [0.15, 0.2) is 0 Å². The first-order chi connectivity index (χ1) is 14.8. The monoisotopic (exact) mass is 451 g/mol. The van der Waals surface area contributed by atoms with Crippen LogP contribution >= 0.6 is 23.1 Å². The summed E-state index contributed by atoms with van der Waals surface area (Å²) in [6, 6.07) is 12.8. The molecule has 0 spiro atoms. The van der Waals surface area contributed by atoms with Crippen LogP contribution in [0, 0.1) is 20.8 Å². The molecule has 4 rings (SSSR count). The lowest BCUT2D eigenvalue weighted by Gasteiger charge is -2.06. The Labute approximate surface area is 187 Å². The maximum absolute atomic E-state index is 12.8. The van der Waals surface area contributed by atoms with E-state index in [4.69, 9.17) is 0 Å². The van der Waals surface area contributed by atoms with Crippen molar-refractivity contribution in [2.75, 3.05) is 5.32 Å². The average Bonchev–Trinajstić information content (AvgIpc) is 3.07. The number of amides is 1. The van der Waals surface area contributed by atoms with Gasteiger partial charge in [0.05, 0.1) is 21.7 Å². The lowest BCUT2D eigenvalue weighted by molar-refractivity contribution is 0.102. The summed E-state index contributed by atoms with van der Waals surface area (Å²) in [4.78, 5) is 35.0. The fourth-order valence-electron chi connectivity index (χ4n) is 3.24. The van der Waals surface area contributed by atoms with Crippen molar-refractivity contribution in [3.05, 3.63) is 80.2 Å². The fraction of sp³-hybridized carbons (Fsp3) is 0.174. The van der Waals surface area contributed by atoms with Gasteiger partial charge in [-0.2, -0.15) is 0 Å². The Morgan fingerprint density at radius 2 is 1.97 bits per heavy atom. The molecule has 3 N–H and O–H groups in total. The summed E-state index contributed by atoms with van der Waals surface area (Å²) in [5, 5.41) is 13.0. The Balaban J connectivity index is 1.62. The number of aryl methyl sites for hydroxylation is 3. The van der Waals surface area contributed by atoms with Gasteiger partial charge in [0.25, 0.3) is 11.5 Å². The van der Waals surface area contributed by atoms with Gasteiger partial charge >= 0.3 is 0 Å². The number of thiophene rings is 1. The van der Waals surface area contributed by atoms with Crippen LogP contribution < -0.4 is 10.9 Å². The molecule has 0 bridgehead atoms. The van der Waals surface area contributed by atoms with Gasteiger partial charge in [-0.25, -0.2) is 4.98 Å². The number of aromatic amines is 1. The number of benzene rings is 2. The zero-order chi connectivity index (χ0) is 22.1. The van der Waals surface area contributed by atoms with Crippen molar-refractivity contribution in [2.45, 2.75) is 31.4 Å². The van der Waals surface area contributed by atoms with E-state index in [0.29, 0.717) is 37.9 Å². The molecule has 31 heavy (non-hydrogen) atoms. The van der Waals surface area contributed by atoms with Gasteiger partial charge in [0.1, 0.15) is 16.4 Å². The normalized spacial score (nSPS) is 11.1. The van der Waals surface area contributed by atoms with E-state index in [0.717, 1.165) is 4.90 Å². The number of hydrogen-bond acceptors (Lipinski definition) is 6. The second-order valence-electron chi connectivity index (χ2n) is 7.28. The quantitative estimate of drug-likeness (QED) is 0.288. The van der Waals surface area contributed by atoms with E-state index >= 15 is 0 Å². The molecule has 0 atom stereocenters. The topological polar surface area (TPSA) is 95.1 Å². The predicted octanol–water partition coefficient (Wildman–Crippen LogP) is 5.16. The summed E-state index contributed by atoms with van der Waals surface area (Å²) in [7, 11) is 0. The minimum atomic E-state index is -0.382. The first-order valence-electron chi connectivity index (χ1n) is 9.65. The zero-order valence-electron chi connectivity index (χ0n) is 17.3. The lowest BCUT2D eigenvalue weighted by Crippen LogP contribution is -2.13. The fourth-order valence-corrected chi connectivity index (χ4v) is 5.33. The van der Waals surface area contributed by atoms with E-state index in [1.165, 1.54) is 28.5 Å². The van der Waals surface area contributed by atoms with Crippen LogP contribution in [0.2, 0.25) is 0 Å². The number of hydrogen-bond donors (Lipinski definition) is 3. The second-order valence-corrected chi connectivity index (χ2v) is 9.29. The number of anilines is 1. The molecule has 0 radical (unpaired) electrons. The number of H-pyrrole nitrogens is 1. The molecule has 0 aliphatic rings. The van der Waals surface area contributed by atoms with Gasteiger partial charge in [-0.05, 0) is 50.1 Å². The van der Waals surface area contributed by atoms with Crippen LogP contribution in [0.1, 0.15) is 32.2 Å². The predicted molar refractivity (Wildman–Crippen MR) is 127 cm³/mol. The van der Waals surface area contributed by atoms with Crippen LogP contribution in [0.25, 0.3) is 10.2 Å². The molecular formula is C23H21N3O3S2. The van der Waals surface area contributed by atoms with Crippen molar-refractivity contribution in [2.24, 2.45) is 0 Å². The molecule has 0 saturated heterocycles. The number of para-hydroxylation sites is 2. The lowest BCUT2D eigenvalue weighted by atomic mass is 10.2. The Bertz CT molecular complexity index is 1360. The third kappa shape index (κ3) is 4.35. The Hall–Kier alpha value is -3.10. The van der Waals surface area contributed by atoms with E-state index in [9.17, 15) is 14.7 Å². The molecule has 0 saturated carbocycles. The van der Waals surface area contributed by atoms with E-state index in [1.54, 1.807) is 36.9 Å². The third-order valence-electron chi connectivity index (χ3n) is 4.92. The first kappa shape index (κ1) is 21.1. The molecule has 0 unspecified atom stereocenters. The molecule has 2 aromatic heterocycles. The zero-order valence-corrected chi connectivity index (χ0v) is 18.9. The number of nitrogens with one attached hydrogen (secondary N) is 2. The van der Waals surface area contributed by atoms with Crippen molar-refractivity contribution in [3.8, 4) is 5.75 Å². The van der Waals surface area contributed by atoms with Gasteiger partial charge in [0, 0.05) is 4.90 Å². The molecule has 0 fully saturated rings. The standard InChI is InChI=1S/C23H21N3O3S2/c1-12-8-9-13(2)17(10-12)30-11-18-25-21(28)19-14(3)20(31-23(19)26-18)22(29)24-15-6-4-5-7-16(15)27/h4-10,27H,11H2,1-3H3,(H,24,29)(H,25,26,28). The number of phenolic OH excluding ortho intramolecular Hbond substituents is 1. The van der Waals surface area contributed by atoms with Crippen molar-refractivity contribution < 1.29 is 9.90 Å². The number of phenols is 1. The maximum Gasteiger partial charge on any atom is 0.266 e. The van der Waals surface area contributed by atoms with Gasteiger partial charge < -0.3 is 15.4 Å².